The Morgan fingerprint density at radius 3 is 2.60 bits per heavy atom. The molecular formula is C22H21ClN4O2S. The molecule has 1 N–H and O–H groups in total. The molecule has 30 heavy (non-hydrogen) atoms. The molecule has 154 valence electrons. The number of hydrogen-bond acceptors (Lipinski definition) is 5. The number of carbonyl (C=O) groups excluding carboxylic acids is 2. The average Bonchev–Trinajstić information content (AvgIpc) is 3.32. The molecule has 1 aliphatic rings. The van der Waals surface area contributed by atoms with E-state index in [1.165, 1.54) is 11.3 Å². The van der Waals surface area contributed by atoms with E-state index in [2.05, 4.69) is 15.5 Å². The van der Waals surface area contributed by atoms with Crippen LogP contribution >= 0.6 is 22.9 Å². The molecule has 2 amide bonds. The highest BCUT2D eigenvalue weighted by molar-refractivity contribution is 7.15. The van der Waals surface area contributed by atoms with Crippen LogP contribution in [0.4, 0.5) is 10.8 Å². The van der Waals surface area contributed by atoms with E-state index in [4.69, 9.17) is 11.6 Å². The van der Waals surface area contributed by atoms with Crippen LogP contribution in [-0.2, 0) is 4.79 Å². The Labute approximate surface area is 183 Å². The van der Waals surface area contributed by atoms with Crippen LogP contribution in [0.2, 0.25) is 5.02 Å². The predicted octanol–water partition coefficient (Wildman–Crippen LogP) is 4.89. The molecule has 1 atom stereocenters. The third-order valence-electron chi connectivity index (χ3n) is 5.37. The summed E-state index contributed by atoms with van der Waals surface area (Å²) in [6.07, 6.45) is 0.352. The largest absolute Gasteiger partial charge is 0.312 e. The van der Waals surface area contributed by atoms with Crippen molar-refractivity contribution in [3.8, 4) is 0 Å². The summed E-state index contributed by atoms with van der Waals surface area (Å²) in [5.41, 5.74) is 4.52. The topological polar surface area (TPSA) is 75.2 Å². The molecule has 4 rings (SSSR count). The van der Waals surface area contributed by atoms with E-state index in [1.807, 2.05) is 51.1 Å². The number of anilines is 2. The van der Waals surface area contributed by atoms with Crippen molar-refractivity contribution >= 4 is 45.6 Å². The van der Waals surface area contributed by atoms with Gasteiger partial charge in [-0.3, -0.25) is 14.9 Å². The normalized spacial score (nSPS) is 16.2. The highest BCUT2D eigenvalue weighted by Crippen LogP contribution is 2.35. The molecule has 0 saturated carbocycles. The zero-order chi connectivity index (χ0) is 21.4. The summed E-state index contributed by atoms with van der Waals surface area (Å²) in [6, 6.07) is 11.2. The van der Waals surface area contributed by atoms with Gasteiger partial charge in [0.15, 0.2) is 0 Å². The summed E-state index contributed by atoms with van der Waals surface area (Å²) in [4.78, 5) is 26.8. The van der Waals surface area contributed by atoms with Gasteiger partial charge < -0.3 is 4.90 Å². The number of benzene rings is 2. The molecule has 2 aromatic carbocycles. The van der Waals surface area contributed by atoms with Crippen LogP contribution in [0.15, 0.2) is 36.4 Å². The van der Waals surface area contributed by atoms with Gasteiger partial charge in [0.1, 0.15) is 5.01 Å². The lowest BCUT2D eigenvalue weighted by Gasteiger charge is -2.17. The molecule has 8 heteroatoms. The van der Waals surface area contributed by atoms with E-state index in [0.29, 0.717) is 28.7 Å². The fourth-order valence-corrected chi connectivity index (χ4v) is 4.38. The molecule has 1 aliphatic heterocycles. The van der Waals surface area contributed by atoms with Crippen molar-refractivity contribution in [2.24, 2.45) is 0 Å². The van der Waals surface area contributed by atoms with Crippen LogP contribution in [0, 0.1) is 20.8 Å². The Hall–Kier alpha value is -2.77. The van der Waals surface area contributed by atoms with Gasteiger partial charge in [0.2, 0.25) is 11.0 Å². The highest BCUT2D eigenvalue weighted by Gasteiger charge is 2.34. The van der Waals surface area contributed by atoms with E-state index >= 15 is 0 Å². The van der Waals surface area contributed by atoms with Crippen molar-refractivity contribution in [2.75, 3.05) is 16.8 Å². The standard InChI is InChI=1S/C22H21ClN4O2S/c1-12-4-6-15(8-14(12)3)20(29)24-22-26-25-21(30-22)16-9-19(28)27(11-16)17-7-5-13(2)18(23)10-17/h4-8,10,16H,9,11H2,1-3H3,(H,24,26,29). The molecule has 0 aliphatic carbocycles. The third kappa shape index (κ3) is 4.08. The lowest BCUT2D eigenvalue weighted by atomic mass is 10.1. The molecule has 0 bridgehead atoms. The monoisotopic (exact) mass is 440 g/mol. The summed E-state index contributed by atoms with van der Waals surface area (Å²) in [6.45, 7) is 6.41. The van der Waals surface area contributed by atoms with Gasteiger partial charge in [-0.1, -0.05) is 35.1 Å². The summed E-state index contributed by atoms with van der Waals surface area (Å²) in [5.74, 6) is -0.266. The minimum Gasteiger partial charge on any atom is -0.312 e. The number of halogens is 1. The SMILES string of the molecule is Cc1ccc(C(=O)Nc2nnc(C3CC(=O)N(c4ccc(C)c(Cl)c4)C3)s2)cc1C. The van der Waals surface area contributed by atoms with Gasteiger partial charge in [-0.2, -0.15) is 0 Å². The fraction of sp³-hybridized carbons (Fsp3) is 0.273. The Bertz CT molecular complexity index is 1140. The van der Waals surface area contributed by atoms with Crippen LogP contribution in [0.3, 0.4) is 0 Å². The number of rotatable bonds is 4. The first-order valence-electron chi connectivity index (χ1n) is 9.60. The second-order valence-electron chi connectivity index (χ2n) is 7.54. The number of nitrogens with zero attached hydrogens (tertiary/aromatic N) is 3. The predicted molar refractivity (Wildman–Crippen MR) is 120 cm³/mol. The van der Waals surface area contributed by atoms with Crippen molar-refractivity contribution in [1.82, 2.24) is 10.2 Å². The van der Waals surface area contributed by atoms with Gasteiger partial charge in [-0.05, 0) is 61.7 Å². The Morgan fingerprint density at radius 1 is 1.10 bits per heavy atom. The smallest absolute Gasteiger partial charge is 0.257 e. The van der Waals surface area contributed by atoms with Crippen LogP contribution in [-0.4, -0.2) is 28.6 Å². The highest BCUT2D eigenvalue weighted by atomic mass is 35.5. The first-order chi connectivity index (χ1) is 14.3. The molecule has 0 radical (unpaired) electrons. The van der Waals surface area contributed by atoms with E-state index < -0.39 is 0 Å². The van der Waals surface area contributed by atoms with Gasteiger partial charge in [-0.25, -0.2) is 0 Å². The van der Waals surface area contributed by atoms with Crippen LogP contribution in [0.1, 0.15) is 44.4 Å². The van der Waals surface area contributed by atoms with Crippen LogP contribution in [0.5, 0.6) is 0 Å². The molecule has 0 spiro atoms. The molecular weight excluding hydrogens is 420 g/mol. The Morgan fingerprint density at radius 2 is 1.87 bits per heavy atom. The molecule has 1 fully saturated rings. The number of aryl methyl sites for hydroxylation is 3. The zero-order valence-electron chi connectivity index (χ0n) is 16.9. The van der Waals surface area contributed by atoms with E-state index in [-0.39, 0.29) is 17.7 Å². The zero-order valence-corrected chi connectivity index (χ0v) is 18.5. The lowest BCUT2D eigenvalue weighted by Crippen LogP contribution is -2.24. The number of aromatic nitrogens is 2. The number of hydrogen-bond donors (Lipinski definition) is 1. The number of carbonyl (C=O) groups is 2. The van der Waals surface area contributed by atoms with Crippen molar-refractivity contribution in [2.45, 2.75) is 33.1 Å². The van der Waals surface area contributed by atoms with Crippen LogP contribution < -0.4 is 10.2 Å². The minimum atomic E-state index is -0.223. The molecule has 1 aromatic heterocycles. The summed E-state index contributed by atoms with van der Waals surface area (Å²) in [7, 11) is 0. The van der Waals surface area contributed by atoms with E-state index in [9.17, 15) is 9.59 Å². The van der Waals surface area contributed by atoms with Crippen LogP contribution in [0.25, 0.3) is 0 Å². The van der Waals surface area contributed by atoms with Crippen molar-refractivity contribution in [3.05, 3.63) is 68.7 Å². The molecule has 3 aromatic rings. The van der Waals surface area contributed by atoms with E-state index in [0.717, 1.165) is 27.4 Å². The third-order valence-corrected chi connectivity index (χ3v) is 6.78. The Balaban J connectivity index is 1.46. The first kappa shape index (κ1) is 20.5. The molecule has 2 heterocycles. The van der Waals surface area contributed by atoms with Gasteiger partial charge in [0.05, 0.1) is 0 Å². The lowest BCUT2D eigenvalue weighted by molar-refractivity contribution is -0.117. The maximum absolute atomic E-state index is 12.6. The first-order valence-corrected chi connectivity index (χ1v) is 10.8. The second-order valence-corrected chi connectivity index (χ2v) is 8.95. The van der Waals surface area contributed by atoms with Gasteiger partial charge in [0, 0.05) is 35.2 Å². The maximum Gasteiger partial charge on any atom is 0.257 e. The quantitative estimate of drug-likeness (QED) is 0.626. The molecule has 6 nitrogen and oxygen atoms in total. The summed E-state index contributed by atoms with van der Waals surface area (Å²) >= 11 is 7.52. The van der Waals surface area contributed by atoms with Crippen molar-refractivity contribution in [3.63, 3.8) is 0 Å². The van der Waals surface area contributed by atoms with Gasteiger partial charge in [0.25, 0.3) is 5.91 Å². The maximum atomic E-state index is 12.6. The second kappa shape index (κ2) is 8.16. The fourth-order valence-electron chi connectivity index (χ4n) is 3.37. The Kier molecular flexibility index (Phi) is 5.58. The van der Waals surface area contributed by atoms with Gasteiger partial charge in [-0.15, -0.1) is 10.2 Å². The average molecular weight is 441 g/mol. The molecule has 1 unspecified atom stereocenters. The number of nitrogens with one attached hydrogen (secondary N) is 1. The minimum absolute atomic E-state index is 0.0239. The number of amides is 2. The van der Waals surface area contributed by atoms with Crippen molar-refractivity contribution < 1.29 is 9.59 Å². The molecule has 1 saturated heterocycles. The van der Waals surface area contributed by atoms with E-state index in [1.54, 1.807) is 11.0 Å². The summed E-state index contributed by atoms with van der Waals surface area (Å²) < 4.78 is 0. The van der Waals surface area contributed by atoms with Gasteiger partial charge >= 0.3 is 0 Å². The summed E-state index contributed by atoms with van der Waals surface area (Å²) in [5, 5.41) is 12.9. The van der Waals surface area contributed by atoms with Crippen molar-refractivity contribution in [1.29, 1.82) is 0 Å².